The second kappa shape index (κ2) is 8.24. The molecule has 0 unspecified atom stereocenters. The van der Waals surface area contributed by atoms with Gasteiger partial charge in [0.25, 0.3) is 5.91 Å². The molecule has 2 aliphatic rings. The molecule has 2 aliphatic heterocycles. The molecule has 0 saturated carbocycles. The van der Waals surface area contributed by atoms with Gasteiger partial charge >= 0.3 is 0 Å². The van der Waals surface area contributed by atoms with Crippen LogP contribution in [0.1, 0.15) is 15.9 Å². The molecule has 8 heteroatoms. The van der Waals surface area contributed by atoms with E-state index in [1.165, 1.54) is 11.0 Å². The molecule has 0 aliphatic carbocycles. The quantitative estimate of drug-likeness (QED) is 0.785. The molecule has 2 saturated heterocycles. The Bertz CT molecular complexity index is 895. The lowest BCUT2D eigenvalue weighted by Crippen LogP contribution is -2.59. The minimum absolute atomic E-state index is 0.0559. The van der Waals surface area contributed by atoms with Crippen molar-refractivity contribution >= 4 is 11.8 Å². The first kappa shape index (κ1) is 19.4. The second-order valence-electron chi connectivity index (χ2n) is 7.50. The van der Waals surface area contributed by atoms with Crippen LogP contribution in [0, 0.1) is 17.6 Å². The number of halogens is 2. The lowest BCUT2D eigenvalue weighted by molar-refractivity contribution is -0.141. The SMILES string of the molecule is O=C(c1ccc(F)c(F)c1)N1CC(C(=O)N2CCN(Cc3cccnc3)CC2)C1. The Morgan fingerprint density at radius 1 is 1.00 bits per heavy atom. The summed E-state index contributed by atoms with van der Waals surface area (Å²) < 4.78 is 26.4. The van der Waals surface area contributed by atoms with E-state index >= 15 is 0 Å². The van der Waals surface area contributed by atoms with Crippen LogP contribution in [-0.2, 0) is 11.3 Å². The normalized spacial score (nSPS) is 17.9. The van der Waals surface area contributed by atoms with E-state index in [4.69, 9.17) is 0 Å². The molecule has 0 N–H and O–H groups in total. The Morgan fingerprint density at radius 2 is 1.76 bits per heavy atom. The average Bonchev–Trinajstić information content (AvgIpc) is 2.70. The summed E-state index contributed by atoms with van der Waals surface area (Å²) in [4.78, 5) is 34.8. The highest BCUT2D eigenvalue weighted by molar-refractivity contribution is 5.96. The maximum atomic E-state index is 13.3. The van der Waals surface area contributed by atoms with E-state index in [0.717, 1.165) is 37.3 Å². The zero-order chi connectivity index (χ0) is 20.4. The van der Waals surface area contributed by atoms with Crippen molar-refractivity contribution in [2.45, 2.75) is 6.54 Å². The van der Waals surface area contributed by atoms with Crippen LogP contribution in [0.4, 0.5) is 8.78 Å². The first-order valence-electron chi connectivity index (χ1n) is 9.65. The Morgan fingerprint density at radius 3 is 2.41 bits per heavy atom. The first-order valence-corrected chi connectivity index (χ1v) is 9.65. The third kappa shape index (κ3) is 4.27. The molecule has 1 aromatic carbocycles. The third-order valence-corrected chi connectivity index (χ3v) is 5.50. The van der Waals surface area contributed by atoms with Gasteiger partial charge in [-0.2, -0.15) is 0 Å². The summed E-state index contributed by atoms with van der Waals surface area (Å²) in [5.41, 5.74) is 1.25. The fourth-order valence-electron chi connectivity index (χ4n) is 3.75. The van der Waals surface area contributed by atoms with E-state index < -0.39 is 11.6 Å². The molecule has 6 nitrogen and oxygen atoms in total. The maximum absolute atomic E-state index is 13.3. The van der Waals surface area contributed by atoms with E-state index in [1.807, 2.05) is 23.2 Å². The van der Waals surface area contributed by atoms with Gasteiger partial charge in [-0.3, -0.25) is 19.5 Å². The number of hydrogen-bond acceptors (Lipinski definition) is 4. The number of benzene rings is 1. The highest BCUT2D eigenvalue weighted by Gasteiger charge is 2.39. The topological polar surface area (TPSA) is 56.8 Å². The van der Waals surface area contributed by atoms with Gasteiger partial charge in [-0.15, -0.1) is 0 Å². The maximum Gasteiger partial charge on any atom is 0.254 e. The van der Waals surface area contributed by atoms with Crippen molar-refractivity contribution in [3.05, 3.63) is 65.5 Å². The molecule has 2 aromatic rings. The predicted molar refractivity (Wildman–Crippen MR) is 102 cm³/mol. The highest BCUT2D eigenvalue weighted by atomic mass is 19.2. The molecule has 0 radical (unpaired) electrons. The average molecular weight is 400 g/mol. The van der Waals surface area contributed by atoms with Crippen LogP contribution >= 0.6 is 0 Å². The van der Waals surface area contributed by atoms with Gasteiger partial charge in [0.2, 0.25) is 5.91 Å². The molecule has 0 bridgehead atoms. The smallest absolute Gasteiger partial charge is 0.254 e. The molecular formula is C21H22F2N4O2. The number of rotatable bonds is 4. The van der Waals surface area contributed by atoms with Crippen LogP contribution in [0.2, 0.25) is 0 Å². The molecule has 4 rings (SSSR count). The van der Waals surface area contributed by atoms with E-state index in [1.54, 1.807) is 6.20 Å². The summed E-state index contributed by atoms with van der Waals surface area (Å²) in [5, 5.41) is 0. The van der Waals surface area contributed by atoms with E-state index in [0.29, 0.717) is 26.2 Å². The zero-order valence-electron chi connectivity index (χ0n) is 15.9. The Labute approximate surface area is 167 Å². The number of pyridine rings is 1. The van der Waals surface area contributed by atoms with Gasteiger partial charge in [0, 0.05) is 63.8 Å². The van der Waals surface area contributed by atoms with Crippen LogP contribution in [0.25, 0.3) is 0 Å². The van der Waals surface area contributed by atoms with Gasteiger partial charge in [-0.1, -0.05) is 6.07 Å². The van der Waals surface area contributed by atoms with Crippen molar-refractivity contribution in [2.24, 2.45) is 5.92 Å². The molecule has 1 aromatic heterocycles. The van der Waals surface area contributed by atoms with Crippen LogP contribution in [0.5, 0.6) is 0 Å². The summed E-state index contributed by atoms with van der Waals surface area (Å²) in [6, 6.07) is 7.05. The first-order chi connectivity index (χ1) is 14.0. The lowest BCUT2D eigenvalue weighted by Gasteiger charge is -2.42. The summed E-state index contributed by atoms with van der Waals surface area (Å²) in [6.07, 6.45) is 3.60. The highest BCUT2D eigenvalue weighted by Crippen LogP contribution is 2.22. The van der Waals surface area contributed by atoms with Gasteiger partial charge in [0.05, 0.1) is 5.92 Å². The summed E-state index contributed by atoms with van der Waals surface area (Å²) in [7, 11) is 0. The molecule has 29 heavy (non-hydrogen) atoms. The van der Waals surface area contributed by atoms with Gasteiger partial charge in [-0.25, -0.2) is 8.78 Å². The Balaban J connectivity index is 1.24. The summed E-state index contributed by atoms with van der Waals surface area (Å²) >= 11 is 0. The number of hydrogen-bond donors (Lipinski definition) is 0. The lowest BCUT2D eigenvalue weighted by atomic mass is 9.96. The molecule has 152 valence electrons. The Hall–Kier alpha value is -2.87. The van der Waals surface area contributed by atoms with Crippen molar-refractivity contribution in [3.63, 3.8) is 0 Å². The second-order valence-corrected chi connectivity index (χ2v) is 7.50. The van der Waals surface area contributed by atoms with E-state index in [-0.39, 0.29) is 23.3 Å². The molecule has 2 amide bonds. The number of carbonyl (C=O) groups is 2. The van der Waals surface area contributed by atoms with Gasteiger partial charge in [0.1, 0.15) is 0 Å². The van der Waals surface area contributed by atoms with E-state index in [2.05, 4.69) is 9.88 Å². The van der Waals surface area contributed by atoms with Crippen molar-refractivity contribution in [2.75, 3.05) is 39.3 Å². The number of likely N-dealkylation sites (tertiary alicyclic amines) is 1. The minimum atomic E-state index is -1.05. The fraction of sp³-hybridized carbons (Fsp3) is 0.381. The predicted octanol–water partition coefficient (Wildman–Crippen LogP) is 1.78. The molecule has 2 fully saturated rings. The molecular weight excluding hydrogens is 378 g/mol. The number of aromatic nitrogens is 1. The minimum Gasteiger partial charge on any atom is -0.340 e. The standard InChI is InChI=1S/C21H22F2N4O2/c22-18-4-3-16(10-19(18)23)20(28)27-13-17(14-27)21(29)26-8-6-25(7-9-26)12-15-2-1-5-24-11-15/h1-5,10-11,17H,6-9,12-14H2. The zero-order valence-corrected chi connectivity index (χ0v) is 15.9. The molecule has 0 atom stereocenters. The van der Waals surface area contributed by atoms with Gasteiger partial charge < -0.3 is 9.80 Å². The third-order valence-electron chi connectivity index (χ3n) is 5.50. The van der Waals surface area contributed by atoms with Crippen molar-refractivity contribution in [3.8, 4) is 0 Å². The summed E-state index contributed by atoms with van der Waals surface area (Å²) in [5.74, 6) is -2.59. The van der Waals surface area contributed by atoms with Gasteiger partial charge in [-0.05, 0) is 29.8 Å². The number of amides is 2. The number of piperazine rings is 1. The van der Waals surface area contributed by atoms with Gasteiger partial charge in [0.15, 0.2) is 11.6 Å². The number of nitrogens with zero attached hydrogens (tertiary/aromatic N) is 4. The molecule has 0 spiro atoms. The van der Waals surface area contributed by atoms with Crippen LogP contribution in [0.3, 0.4) is 0 Å². The Kier molecular flexibility index (Phi) is 5.53. The monoisotopic (exact) mass is 400 g/mol. The van der Waals surface area contributed by atoms with Crippen LogP contribution < -0.4 is 0 Å². The van der Waals surface area contributed by atoms with Crippen molar-refractivity contribution in [1.29, 1.82) is 0 Å². The largest absolute Gasteiger partial charge is 0.340 e. The molecule has 3 heterocycles. The van der Waals surface area contributed by atoms with Crippen molar-refractivity contribution < 1.29 is 18.4 Å². The van der Waals surface area contributed by atoms with Crippen molar-refractivity contribution in [1.82, 2.24) is 19.7 Å². The van der Waals surface area contributed by atoms with E-state index in [9.17, 15) is 18.4 Å². The fourth-order valence-corrected chi connectivity index (χ4v) is 3.75. The van der Waals surface area contributed by atoms with Crippen LogP contribution in [0.15, 0.2) is 42.7 Å². The number of carbonyl (C=O) groups excluding carboxylic acids is 2. The summed E-state index contributed by atoms with van der Waals surface area (Å²) in [6.45, 7) is 4.35. The van der Waals surface area contributed by atoms with Crippen LogP contribution in [-0.4, -0.2) is 70.8 Å².